The number of carbonyl (C=O) groups excluding carboxylic acids is 2. The molecule has 1 aromatic carbocycles. The van der Waals surface area contributed by atoms with E-state index in [1.807, 2.05) is 58.8 Å². The van der Waals surface area contributed by atoms with E-state index in [0.717, 1.165) is 48.6 Å². The molecule has 3 aliphatic rings. The summed E-state index contributed by atoms with van der Waals surface area (Å²) >= 11 is 1.63. The van der Waals surface area contributed by atoms with Gasteiger partial charge in [0.2, 0.25) is 5.91 Å². The molecule has 0 radical (unpaired) electrons. The second-order valence-corrected chi connectivity index (χ2v) is 10.2. The number of rotatable bonds is 3. The van der Waals surface area contributed by atoms with E-state index in [0.29, 0.717) is 42.4 Å². The van der Waals surface area contributed by atoms with Crippen molar-refractivity contribution in [3.8, 4) is 16.3 Å². The first-order chi connectivity index (χ1) is 15.7. The van der Waals surface area contributed by atoms with Gasteiger partial charge in [-0.2, -0.15) is 5.10 Å². The Hall–Kier alpha value is -2.93. The molecule has 7 heteroatoms. The minimum atomic E-state index is 0.0365. The smallest absolute Gasteiger partial charge is 0.272 e. The molecule has 6 rings (SSSR count). The minimum absolute atomic E-state index is 0.0365. The van der Waals surface area contributed by atoms with Crippen LogP contribution in [0.25, 0.3) is 16.3 Å². The summed E-state index contributed by atoms with van der Waals surface area (Å²) in [4.78, 5) is 31.5. The van der Waals surface area contributed by atoms with E-state index >= 15 is 0 Å². The SMILES string of the molecule is O=C(c1cc(-c2cccs2)nn1-c1ccccc1)N1CC2CC(C1)C1CCCC(=O)N1C2. The van der Waals surface area contributed by atoms with E-state index < -0.39 is 0 Å². The predicted octanol–water partition coefficient (Wildman–Crippen LogP) is 4.07. The highest BCUT2D eigenvalue weighted by Crippen LogP contribution is 2.38. The Morgan fingerprint density at radius 1 is 1.06 bits per heavy atom. The molecule has 3 unspecified atom stereocenters. The molecular weight excluding hydrogens is 420 g/mol. The molecule has 164 valence electrons. The van der Waals surface area contributed by atoms with Gasteiger partial charge >= 0.3 is 0 Å². The fourth-order valence-electron chi connectivity index (χ4n) is 5.78. The highest BCUT2D eigenvalue weighted by Gasteiger charge is 2.45. The summed E-state index contributed by atoms with van der Waals surface area (Å²) in [6.07, 6.45) is 3.84. The summed E-state index contributed by atoms with van der Waals surface area (Å²) in [6.45, 7) is 2.22. The molecule has 3 saturated heterocycles. The fourth-order valence-corrected chi connectivity index (χ4v) is 6.46. The van der Waals surface area contributed by atoms with Crippen molar-refractivity contribution in [3.63, 3.8) is 0 Å². The van der Waals surface area contributed by atoms with Crippen LogP contribution in [0, 0.1) is 11.8 Å². The molecule has 32 heavy (non-hydrogen) atoms. The van der Waals surface area contributed by atoms with E-state index in [-0.39, 0.29) is 5.91 Å². The van der Waals surface area contributed by atoms with Crippen LogP contribution < -0.4 is 0 Å². The highest BCUT2D eigenvalue weighted by atomic mass is 32.1. The number of carbonyl (C=O) groups is 2. The maximum Gasteiger partial charge on any atom is 0.272 e. The molecule has 6 nitrogen and oxygen atoms in total. The molecule has 3 aliphatic heterocycles. The van der Waals surface area contributed by atoms with Gasteiger partial charge in [-0.05, 0) is 60.7 Å². The Morgan fingerprint density at radius 3 is 2.75 bits per heavy atom. The van der Waals surface area contributed by atoms with Gasteiger partial charge in [0.1, 0.15) is 11.4 Å². The molecule has 0 N–H and O–H groups in total. The lowest BCUT2D eigenvalue weighted by Gasteiger charge is -2.52. The molecule has 2 bridgehead atoms. The van der Waals surface area contributed by atoms with Crippen molar-refractivity contribution in [1.82, 2.24) is 19.6 Å². The first-order valence-corrected chi connectivity index (χ1v) is 12.3. The second kappa shape index (κ2) is 7.89. The van der Waals surface area contributed by atoms with Crippen molar-refractivity contribution in [3.05, 3.63) is 59.6 Å². The number of benzene rings is 1. The Morgan fingerprint density at radius 2 is 1.94 bits per heavy atom. The second-order valence-electron chi connectivity index (χ2n) is 9.22. The molecule has 3 atom stereocenters. The van der Waals surface area contributed by atoms with Crippen molar-refractivity contribution in [2.24, 2.45) is 11.8 Å². The lowest BCUT2D eigenvalue weighted by molar-refractivity contribution is -0.144. The highest BCUT2D eigenvalue weighted by molar-refractivity contribution is 7.13. The third-order valence-corrected chi connectivity index (χ3v) is 8.06. The number of piperidine rings is 3. The summed E-state index contributed by atoms with van der Waals surface area (Å²) in [5.74, 6) is 1.08. The molecular formula is C25H26N4O2S. The molecule has 3 fully saturated rings. The van der Waals surface area contributed by atoms with Crippen molar-refractivity contribution in [2.45, 2.75) is 31.7 Å². The van der Waals surface area contributed by atoms with Crippen molar-refractivity contribution in [2.75, 3.05) is 19.6 Å². The van der Waals surface area contributed by atoms with E-state index in [4.69, 9.17) is 5.10 Å². The summed E-state index contributed by atoms with van der Waals surface area (Å²) < 4.78 is 1.79. The van der Waals surface area contributed by atoms with Gasteiger partial charge in [-0.3, -0.25) is 9.59 Å². The minimum Gasteiger partial charge on any atom is -0.339 e. The van der Waals surface area contributed by atoms with E-state index in [9.17, 15) is 9.59 Å². The van der Waals surface area contributed by atoms with Gasteiger partial charge in [0.15, 0.2) is 0 Å². The molecule has 3 aromatic rings. The number of amides is 2. The average molecular weight is 447 g/mol. The summed E-state index contributed by atoms with van der Waals surface area (Å²) in [5.41, 5.74) is 2.32. The molecule has 0 aliphatic carbocycles. The summed E-state index contributed by atoms with van der Waals surface area (Å²) in [7, 11) is 0. The van der Waals surface area contributed by atoms with Crippen LogP contribution in [0.15, 0.2) is 53.9 Å². The van der Waals surface area contributed by atoms with E-state index in [1.54, 1.807) is 16.0 Å². The number of hydrogen-bond acceptors (Lipinski definition) is 4. The predicted molar refractivity (Wildman–Crippen MR) is 124 cm³/mol. The lowest BCUT2D eigenvalue weighted by atomic mass is 9.76. The van der Waals surface area contributed by atoms with Crippen molar-refractivity contribution >= 4 is 23.2 Å². The molecule has 5 heterocycles. The van der Waals surface area contributed by atoms with Crippen LogP contribution in [0.2, 0.25) is 0 Å². The van der Waals surface area contributed by atoms with Crippen LogP contribution in [-0.4, -0.2) is 57.1 Å². The van der Waals surface area contributed by atoms with Crippen LogP contribution in [0.5, 0.6) is 0 Å². The zero-order valence-electron chi connectivity index (χ0n) is 17.9. The number of fused-ring (bicyclic) bond motifs is 4. The zero-order chi connectivity index (χ0) is 21.7. The maximum atomic E-state index is 13.8. The van der Waals surface area contributed by atoms with E-state index in [2.05, 4.69) is 4.90 Å². The van der Waals surface area contributed by atoms with Gasteiger partial charge in [-0.25, -0.2) is 4.68 Å². The molecule has 0 saturated carbocycles. The third-order valence-electron chi connectivity index (χ3n) is 7.17. The molecule has 2 amide bonds. The number of hydrogen-bond donors (Lipinski definition) is 0. The Bertz CT molecular complexity index is 1140. The summed E-state index contributed by atoms with van der Waals surface area (Å²) in [5, 5.41) is 6.84. The number of likely N-dealkylation sites (tertiary alicyclic amines) is 1. The Balaban J connectivity index is 1.33. The monoisotopic (exact) mass is 446 g/mol. The third kappa shape index (κ3) is 3.35. The topological polar surface area (TPSA) is 58.4 Å². The zero-order valence-corrected chi connectivity index (χ0v) is 18.7. The van der Waals surface area contributed by atoms with Gasteiger partial charge in [0.25, 0.3) is 5.91 Å². The average Bonchev–Trinajstić information content (AvgIpc) is 3.50. The van der Waals surface area contributed by atoms with Crippen molar-refractivity contribution in [1.29, 1.82) is 0 Å². The molecule has 2 aromatic heterocycles. The number of thiophene rings is 1. The molecule has 0 spiro atoms. The largest absolute Gasteiger partial charge is 0.339 e. The van der Waals surface area contributed by atoms with Crippen molar-refractivity contribution < 1.29 is 9.59 Å². The lowest BCUT2D eigenvalue weighted by Crippen LogP contribution is -2.61. The Kier molecular flexibility index (Phi) is 4.86. The normalized spacial score (nSPS) is 25.0. The van der Waals surface area contributed by atoms with Crippen LogP contribution >= 0.6 is 11.3 Å². The summed E-state index contributed by atoms with van der Waals surface area (Å²) in [6, 6.07) is 16.1. The maximum absolute atomic E-state index is 13.8. The number of aromatic nitrogens is 2. The first-order valence-electron chi connectivity index (χ1n) is 11.5. The van der Waals surface area contributed by atoms with Gasteiger partial charge in [-0.1, -0.05) is 24.3 Å². The van der Waals surface area contributed by atoms with E-state index in [1.165, 1.54) is 0 Å². The Labute approximate surface area is 191 Å². The number of nitrogens with zero attached hydrogens (tertiary/aromatic N) is 4. The van der Waals surface area contributed by atoms with Crippen LogP contribution in [-0.2, 0) is 4.79 Å². The quantitative estimate of drug-likeness (QED) is 0.609. The van der Waals surface area contributed by atoms with Gasteiger partial charge in [0.05, 0.1) is 10.6 Å². The number of para-hydroxylation sites is 1. The van der Waals surface area contributed by atoms with Crippen LogP contribution in [0.4, 0.5) is 0 Å². The fraction of sp³-hybridized carbons (Fsp3) is 0.400. The van der Waals surface area contributed by atoms with Gasteiger partial charge in [0, 0.05) is 32.1 Å². The van der Waals surface area contributed by atoms with Crippen LogP contribution in [0.3, 0.4) is 0 Å². The van der Waals surface area contributed by atoms with Crippen LogP contribution in [0.1, 0.15) is 36.2 Å². The standard InChI is InChI=1S/C25H26N4O2S/c30-24-10-4-8-21-18-12-17(15-28(21)24)14-27(16-18)25(31)22-13-20(23-9-5-11-32-23)26-29(22)19-6-2-1-3-7-19/h1-3,5-7,9,11,13,17-18,21H,4,8,10,12,14-16H2. The van der Waals surface area contributed by atoms with Gasteiger partial charge < -0.3 is 9.80 Å². The van der Waals surface area contributed by atoms with Gasteiger partial charge in [-0.15, -0.1) is 11.3 Å². The first kappa shape index (κ1) is 19.7.